The second-order valence-electron chi connectivity index (χ2n) is 7.12. The monoisotopic (exact) mass is 418 g/mol. The molecule has 2 atom stereocenters. The average molecular weight is 419 g/mol. The summed E-state index contributed by atoms with van der Waals surface area (Å²) in [6, 6.07) is 5.40. The summed E-state index contributed by atoms with van der Waals surface area (Å²) in [7, 11) is 3.90. The number of anilines is 1. The predicted molar refractivity (Wildman–Crippen MR) is 112 cm³/mol. The van der Waals surface area contributed by atoms with Crippen molar-refractivity contribution >= 4 is 47.5 Å². The smallest absolute Gasteiger partial charge is 0.408 e. The molecule has 1 aromatic carbocycles. The Morgan fingerprint density at radius 3 is 2.74 bits per heavy atom. The van der Waals surface area contributed by atoms with Crippen LogP contribution in [0.2, 0.25) is 0 Å². The molecule has 2 aromatic rings. The van der Waals surface area contributed by atoms with Gasteiger partial charge in [-0.2, -0.15) is 0 Å². The third kappa shape index (κ3) is 5.72. The zero-order chi connectivity index (χ0) is 18.0. The van der Waals surface area contributed by atoms with Gasteiger partial charge in [-0.1, -0.05) is 6.42 Å². The number of likely N-dealkylation sites (N-methyl/N-ethyl adjacent to an activating group) is 1. The number of amides is 1. The number of nitrogens with two attached hydrogens (primary N) is 1. The predicted octanol–water partition coefficient (Wildman–Crippen LogP) is 2.46. The number of nitrogens with zero attached hydrogens (tertiary/aromatic N) is 2. The Balaban J connectivity index is 0.00000182. The third-order valence-electron chi connectivity index (χ3n) is 4.79. The molecule has 0 aliphatic heterocycles. The lowest BCUT2D eigenvalue weighted by atomic mass is 9.85. The molecule has 0 bridgehead atoms. The Hall–Kier alpha value is -1.54. The molecule has 2 unspecified atom stereocenters. The van der Waals surface area contributed by atoms with E-state index in [1.54, 1.807) is 22.8 Å². The lowest BCUT2D eigenvalue weighted by molar-refractivity contribution is -0.120. The molecule has 1 saturated carbocycles. The number of oxazole rings is 1. The fourth-order valence-electron chi connectivity index (χ4n) is 3.36. The summed E-state index contributed by atoms with van der Waals surface area (Å²) in [6.07, 6.45) is 3.58. The van der Waals surface area contributed by atoms with Gasteiger partial charge in [-0.3, -0.25) is 9.36 Å². The van der Waals surface area contributed by atoms with E-state index in [1.807, 2.05) is 19.0 Å². The first-order valence-electron chi connectivity index (χ1n) is 8.78. The molecular weight excluding hydrogens is 391 g/mol. The van der Waals surface area contributed by atoms with Crippen molar-refractivity contribution in [3.8, 4) is 0 Å². The lowest BCUT2D eigenvalue weighted by Crippen LogP contribution is -2.34. The van der Waals surface area contributed by atoms with Crippen LogP contribution in [0.4, 0.5) is 5.69 Å². The molecule has 1 amide bonds. The molecule has 7 nitrogen and oxygen atoms in total. The molecule has 1 aliphatic rings. The Bertz CT molecular complexity index is 819. The molecule has 1 fully saturated rings. The number of halogens is 2. The van der Waals surface area contributed by atoms with E-state index in [-0.39, 0.29) is 48.4 Å². The first-order chi connectivity index (χ1) is 11.9. The minimum Gasteiger partial charge on any atom is -0.408 e. The van der Waals surface area contributed by atoms with Crippen molar-refractivity contribution in [2.24, 2.45) is 11.7 Å². The Morgan fingerprint density at radius 2 is 2.07 bits per heavy atom. The van der Waals surface area contributed by atoms with Gasteiger partial charge in [0.1, 0.15) is 0 Å². The van der Waals surface area contributed by atoms with Gasteiger partial charge in [0.25, 0.3) is 0 Å². The van der Waals surface area contributed by atoms with Gasteiger partial charge in [-0.05, 0) is 51.6 Å². The van der Waals surface area contributed by atoms with Crippen molar-refractivity contribution in [3.63, 3.8) is 0 Å². The van der Waals surface area contributed by atoms with Crippen molar-refractivity contribution in [2.75, 3.05) is 26.0 Å². The molecule has 1 aromatic heterocycles. The maximum Gasteiger partial charge on any atom is 0.419 e. The molecule has 3 N–H and O–H groups in total. The van der Waals surface area contributed by atoms with E-state index in [0.717, 1.165) is 32.2 Å². The molecule has 0 saturated heterocycles. The molecule has 3 rings (SSSR count). The fraction of sp³-hybridized carbons (Fsp3) is 0.556. The van der Waals surface area contributed by atoms with E-state index in [0.29, 0.717) is 23.3 Å². The van der Waals surface area contributed by atoms with Crippen LogP contribution < -0.4 is 16.8 Å². The van der Waals surface area contributed by atoms with E-state index in [4.69, 9.17) is 10.2 Å². The standard InChI is InChI=1S/C18H26N4O3.2ClH/c1-21(2)8-9-22-15-11-14(6-7-16(15)25-18(22)24)20-17(23)12-4-3-5-13(19)10-12;;/h6-7,11-13H,3-5,8-10,19H2,1-2H3,(H,20,23);2*1H. The minimum absolute atomic E-state index is 0. The third-order valence-corrected chi connectivity index (χ3v) is 4.79. The molecule has 0 spiro atoms. The number of fused-ring (bicyclic) bond motifs is 1. The van der Waals surface area contributed by atoms with E-state index in [2.05, 4.69) is 5.32 Å². The van der Waals surface area contributed by atoms with E-state index < -0.39 is 0 Å². The van der Waals surface area contributed by atoms with Crippen LogP contribution in [-0.2, 0) is 11.3 Å². The van der Waals surface area contributed by atoms with Gasteiger partial charge in [-0.15, -0.1) is 24.8 Å². The second kappa shape index (κ2) is 10.1. The first kappa shape index (κ1) is 23.5. The normalized spacial score (nSPS) is 19.4. The lowest BCUT2D eigenvalue weighted by Gasteiger charge is -2.25. The van der Waals surface area contributed by atoms with Gasteiger partial charge in [-0.25, -0.2) is 4.79 Å². The van der Waals surface area contributed by atoms with Crippen LogP contribution in [0.1, 0.15) is 25.7 Å². The van der Waals surface area contributed by atoms with Crippen LogP contribution in [0.3, 0.4) is 0 Å². The van der Waals surface area contributed by atoms with Crippen LogP contribution in [0.5, 0.6) is 0 Å². The maximum absolute atomic E-state index is 12.5. The highest BCUT2D eigenvalue weighted by atomic mass is 35.5. The van der Waals surface area contributed by atoms with Crippen LogP contribution in [0, 0.1) is 5.92 Å². The van der Waals surface area contributed by atoms with E-state index in [1.165, 1.54) is 0 Å². The topological polar surface area (TPSA) is 93.5 Å². The molecule has 9 heteroatoms. The van der Waals surface area contributed by atoms with E-state index >= 15 is 0 Å². The SMILES string of the molecule is CN(C)CCn1c(=O)oc2ccc(NC(=O)C3CCCC(N)C3)cc21.Cl.Cl. The highest BCUT2D eigenvalue weighted by Crippen LogP contribution is 2.25. The van der Waals surface area contributed by atoms with E-state index in [9.17, 15) is 9.59 Å². The summed E-state index contributed by atoms with van der Waals surface area (Å²) in [6.45, 7) is 1.26. The van der Waals surface area contributed by atoms with Crippen LogP contribution >= 0.6 is 24.8 Å². The van der Waals surface area contributed by atoms with Crippen molar-refractivity contribution in [1.29, 1.82) is 0 Å². The Kier molecular flexibility index (Phi) is 8.81. The molecule has 27 heavy (non-hydrogen) atoms. The molecule has 1 heterocycles. The molecule has 1 aliphatic carbocycles. The minimum atomic E-state index is -0.376. The number of benzene rings is 1. The number of hydrogen-bond acceptors (Lipinski definition) is 5. The Labute approximate surface area is 171 Å². The van der Waals surface area contributed by atoms with Crippen molar-refractivity contribution < 1.29 is 9.21 Å². The zero-order valence-electron chi connectivity index (χ0n) is 15.6. The van der Waals surface area contributed by atoms with Crippen molar-refractivity contribution in [3.05, 3.63) is 28.7 Å². The summed E-state index contributed by atoms with van der Waals surface area (Å²) in [4.78, 5) is 26.5. The Morgan fingerprint density at radius 1 is 1.33 bits per heavy atom. The summed E-state index contributed by atoms with van der Waals surface area (Å²) >= 11 is 0. The summed E-state index contributed by atoms with van der Waals surface area (Å²) < 4.78 is 6.88. The number of rotatable bonds is 5. The second-order valence-corrected chi connectivity index (χ2v) is 7.12. The number of hydrogen-bond donors (Lipinski definition) is 2. The largest absolute Gasteiger partial charge is 0.419 e. The summed E-state index contributed by atoms with van der Waals surface area (Å²) in [5.41, 5.74) is 7.88. The van der Waals surface area contributed by atoms with Crippen molar-refractivity contribution in [2.45, 2.75) is 38.3 Å². The van der Waals surface area contributed by atoms with Gasteiger partial charge in [0.15, 0.2) is 5.58 Å². The van der Waals surface area contributed by atoms with Gasteiger partial charge in [0.2, 0.25) is 5.91 Å². The molecule has 152 valence electrons. The number of carbonyl (C=O) groups excluding carboxylic acids is 1. The highest BCUT2D eigenvalue weighted by molar-refractivity contribution is 5.94. The van der Waals surface area contributed by atoms with Gasteiger partial charge in [0, 0.05) is 30.7 Å². The fourth-order valence-corrected chi connectivity index (χ4v) is 3.36. The zero-order valence-corrected chi connectivity index (χ0v) is 17.3. The van der Waals surface area contributed by atoms with Gasteiger partial charge >= 0.3 is 5.76 Å². The quantitative estimate of drug-likeness (QED) is 0.777. The van der Waals surface area contributed by atoms with Crippen LogP contribution in [0.15, 0.2) is 27.4 Å². The number of aromatic nitrogens is 1. The highest BCUT2D eigenvalue weighted by Gasteiger charge is 2.25. The summed E-state index contributed by atoms with van der Waals surface area (Å²) in [5.74, 6) is -0.418. The van der Waals surface area contributed by atoms with Gasteiger partial charge in [0.05, 0.1) is 5.52 Å². The maximum atomic E-state index is 12.5. The number of carbonyl (C=O) groups is 1. The van der Waals surface area contributed by atoms with Crippen LogP contribution in [0.25, 0.3) is 11.1 Å². The molecule has 0 radical (unpaired) electrons. The number of nitrogens with one attached hydrogen (secondary N) is 1. The average Bonchev–Trinajstić information content (AvgIpc) is 2.87. The van der Waals surface area contributed by atoms with Crippen LogP contribution in [-0.4, -0.2) is 42.1 Å². The van der Waals surface area contributed by atoms with Gasteiger partial charge < -0.3 is 20.4 Å². The van der Waals surface area contributed by atoms with Crippen molar-refractivity contribution in [1.82, 2.24) is 9.47 Å². The first-order valence-corrected chi connectivity index (χ1v) is 8.78. The molecular formula is C18H28Cl2N4O3. The summed E-state index contributed by atoms with van der Waals surface area (Å²) in [5, 5.41) is 2.96.